The SMILES string of the molecule is CCCNC(=O)C1(C)CCCN(Cc2ccc(OC(C)=O)cc2)C1. The molecule has 1 aliphatic rings. The summed E-state index contributed by atoms with van der Waals surface area (Å²) in [5, 5.41) is 3.04. The first-order valence-electron chi connectivity index (χ1n) is 8.71. The Hall–Kier alpha value is -1.88. The predicted molar refractivity (Wildman–Crippen MR) is 93.7 cm³/mol. The van der Waals surface area contributed by atoms with E-state index in [4.69, 9.17) is 4.74 Å². The van der Waals surface area contributed by atoms with Crippen LogP contribution in [0.15, 0.2) is 24.3 Å². The molecule has 132 valence electrons. The second kappa shape index (κ2) is 8.29. The average Bonchev–Trinajstić information content (AvgIpc) is 2.54. The first kappa shape index (κ1) is 18.5. The monoisotopic (exact) mass is 332 g/mol. The molecule has 1 atom stereocenters. The van der Waals surface area contributed by atoms with Crippen molar-refractivity contribution in [2.45, 2.75) is 46.6 Å². The Kier molecular flexibility index (Phi) is 6.37. The highest BCUT2D eigenvalue weighted by Crippen LogP contribution is 2.30. The van der Waals surface area contributed by atoms with Gasteiger partial charge in [0.2, 0.25) is 5.91 Å². The van der Waals surface area contributed by atoms with Crippen LogP contribution in [0.4, 0.5) is 0 Å². The van der Waals surface area contributed by atoms with Gasteiger partial charge in [-0.1, -0.05) is 19.1 Å². The predicted octanol–water partition coefficient (Wildman–Crippen LogP) is 2.74. The van der Waals surface area contributed by atoms with Gasteiger partial charge in [-0.15, -0.1) is 0 Å². The van der Waals surface area contributed by atoms with Crippen LogP contribution >= 0.6 is 0 Å². The number of nitrogens with one attached hydrogen (secondary N) is 1. The lowest BCUT2D eigenvalue weighted by Crippen LogP contribution is -2.50. The molecular formula is C19H28N2O3. The van der Waals surface area contributed by atoms with Gasteiger partial charge in [0.1, 0.15) is 5.75 Å². The van der Waals surface area contributed by atoms with Crippen molar-refractivity contribution in [3.8, 4) is 5.75 Å². The van der Waals surface area contributed by atoms with Gasteiger partial charge < -0.3 is 10.1 Å². The molecule has 0 spiro atoms. The summed E-state index contributed by atoms with van der Waals surface area (Å²) in [5.41, 5.74) is 0.842. The maximum Gasteiger partial charge on any atom is 0.308 e. The van der Waals surface area contributed by atoms with Gasteiger partial charge in [0.15, 0.2) is 0 Å². The summed E-state index contributed by atoms with van der Waals surface area (Å²) in [6.45, 7) is 8.84. The molecule has 1 unspecified atom stereocenters. The summed E-state index contributed by atoms with van der Waals surface area (Å²) in [7, 11) is 0. The van der Waals surface area contributed by atoms with E-state index < -0.39 is 0 Å². The number of esters is 1. The fourth-order valence-corrected chi connectivity index (χ4v) is 3.20. The molecule has 2 rings (SSSR count). The molecule has 1 heterocycles. The van der Waals surface area contributed by atoms with Gasteiger partial charge in [-0.25, -0.2) is 0 Å². The van der Waals surface area contributed by atoms with Crippen LogP contribution in [-0.4, -0.2) is 36.4 Å². The van der Waals surface area contributed by atoms with Gasteiger partial charge in [0, 0.05) is 26.6 Å². The van der Waals surface area contributed by atoms with Crippen LogP contribution in [0, 0.1) is 5.41 Å². The third-order valence-corrected chi connectivity index (χ3v) is 4.45. The lowest BCUT2D eigenvalue weighted by molar-refractivity contribution is -0.133. The van der Waals surface area contributed by atoms with Gasteiger partial charge in [-0.05, 0) is 50.4 Å². The molecule has 5 heteroatoms. The lowest BCUT2D eigenvalue weighted by atomic mass is 9.80. The smallest absolute Gasteiger partial charge is 0.308 e. The molecule has 0 bridgehead atoms. The molecule has 1 N–H and O–H groups in total. The van der Waals surface area contributed by atoms with Crippen molar-refractivity contribution in [2.24, 2.45) is 5.41 Å². The van der Waals surface area contributed by atoms with E-state index in [2.05, 4.69) is 24.1 Å². The highest BCUT2D eigenvalue weighted by atomic mass is 16.5. The van der Waals surface area contributed by atoms with Gasteiger partial charge in [-0.3, -0.25) is 14.5 Å². The number of benzene rings is 1. The standard InChI is InChI=1S/C19H28N2O3/c1-4-11-20-18(23)19(3)10-5-12-21(14-19)13-16-6-8-17(9-7-16)24-15(2)22/h6-9H,4-5,10-14H2,1-3H3,(H,20,23). The van der Waals surface area contributed by atoms with Crippen LogP contribution in [-0.2, 0) is 16.1 Å². The summed E-state index contributed by atoms with van der Waals surface area (Å²) >= 11 is 0. The maximum atomic E-state index is 12.4. The topological polar surface area (TPSA) is 58.6 Å². The minimum atomic E-state index is -0.314. The molecule has 1 aromatic carbocycles. The average molecular weight is 332 g/mol. The Bertz CT molecular complexity index is 570. The fourth-order valence-electron chi connectivity index (χ4n) is 3.20. The van der Waals surface area contributed by atoms with Crippen molar-refractivity contribution in [1.29, 1.82) is 0 Å². The second-order valence-corrected chi connectivity index (χ2v) is 6.87. The van der Waals surface area contributed by atoms with Crippen molar-refractivity contribution in [3.05, 3.63) is 29.8 Å². The zero-order valence-electron chi connectivity index (χ0n) is 14.9. The zero-order valence-corrected chi connectivity index (χ0v) is 14.9. The molecule has 0 aromatic heterocycles. The number of rotatable bonds is 6. The molecule has 1 aliphatic heterocycles. The number of hydrogen-bond acceptors (Lipinski definition) is 4. The molecular weight excluding hydrogens is 304 g/mol. The minimum absolute atomic E-state index is 0.166. The van der Waals surface area contributed by atoms with Crippen molar-refractivity contribution in [2.75, 3.05) is 19.6 Å². The van der Waals surface area contributed by atoms with E-state index in [9.17, 15) is 9.59 Å². The highest BCUT2D eigenvalue weighted by Gasteiger charge is 2.37. The molecule has 1 amide bonds. The summed E-state index contributed by atoms with van der Waals surface area (Å²) in [4.78, 5) is 25.7. The number of likely N-dealkylation sites (tertiary alicyclic amines) is 1. The number of nitrogens with zero attached hydrogens (tertiary/aromatic N) is 1. The molecule has 0 radical (unpaired) electrons. The molecule has 0 aliphatic carbocycles. The van der Waals surface area contributed by atoms with Gasteiger partial charge in [0.25, 0.3) is 0 Å². The normalized spacial score (nSPS) is 21.3. The summed E-state index contributed by atoms with van der Waals surface area (Å²) in [6, 6.07) is 7.57. The van der Waals surface area contributed by atoms with Crippen molar-refractivity contribution in [3.63, 3.8) is 0 Å². The maximum absolute atomic E-state index is 12.4. The summed E-state index contributed by atoms with van der Waals surface area (Å²) < 4.78 is 5.06. The highest BCUT2D eigenvalue weighted by molar-refractivity contribution is 5.82. The van der Waals surface area contributed by atoms with E-state index in [0.29, 0.717) is 5.75 Å². The Morgan fingerprint density at radius 3 is 2.62 bits per heavy atom. The van der Waals surface area contributed by atoms with E-state index >= 15 is 0 Å². The molecule has 1 saturated heterocycles. The van der Waals surface area contributed by atoms with Crippen molar-refractivity contribution in [1.82, 2.24) is 10.2 Å². The van der Waals surface area contributed by atoms with Crippen molar-refractivity contribution < 1.29 is 14.3 Å². The Labute approximate surface area is 144 Å². The van der Waals surface area contributed by atoms with E-state index in [1.165, 1.54) is 6.92 Å². The van der Waals surface area contributed by atoms with Crippen LogP contribution in [0.5, 0.6) is 5.75 Å². The lowest BCUT2D eigenvalue weighted by Gasteiger charge is -2.39. The molecule has 24 heavy (non-hydrogen) atoms. The summed E-state index contributed by atoms with van der Waals surface area (Å²) in [5.74, 6) is 0.417. The number of piperidine rings is 1. The Balaban J connectivity index is 1.94. The number of hydrogen-bond donors (Lipinski definition) is 1. The number of ether oxygens (including phenoxy) is 1. The van der Waals surface area contributed by atoms with Crippen molar-refractivity contribution >= 4 is 11.9 Å². The number of amides is 1. The molecule has 1 aromatic rings. The quantitative estimate of drug-likeness (QED) is 0.643. The molecule has 1 fully saturated rings. The van der Waals surface area contributed by atoms with E-state index in [1.807, 2.05) is 24.3 Å². The molecule has 0 saturated carbocycles. The van der Waals surface area contributed by atoms with Crippen LogP contribution < -0.4 is 10.1 Å². The van der Waals surface area contributed by atoms with Crippen LogP contribution in [0.2, 0.25) is 0 Å². The number of carbonyl (C=O) groups excluding carboxylic acids is 2. The van der Waals surface area contributed by atoms with Crippen LogP contribution in [0.1, 0.15) is 45.6 Å². The van der Waals surface area contributed by atoms with E-state index in [0.717, 1.165) is 51.0 Å². The van der Waals surface area contributed by atoms with E-state index in [1.54, 1.807) is 0 Å². The largest absolute Gasteiger partial charge is 0.427 e. The Morgan fingerprint density at radius 1 is 1.29 bits per heavy atom. The van der Waals surface area contributed by atoms with Crippen LogP contribution in [0.3, 0.4) is 0 Å². The minimum Gasteiger partial charge on any atom is -0.427 e. The first-order valence-corrected chi connectivity index (χ1v) is 8.71. The first-order chi connectivity index (χ1) is 11.4. The Morgan fingerprint density at radius 2 is 2.00 bits per heavy atom. The van der Waals surface area contributed by atoms with Gasteiger partial charge in [-0.2, -0.15) is 0 Å². The fraction of sp³-hybridized carbons (Fsp3) is 0.579. The van der Waals surface area contributed by atoms with E-state index in [-0.39, 0.29) is 17.3 Å². The third-order valence-electron chi connectivity index (χ3n) is 4.45. The van der Waals surface area contributed by atoms with Gasteiger partial charge >= 0.3 is 5.97 Å². The number of carbonyl (C=O) groups is 2. The summed E-state index contributed by atoms with van der Waals surface area (Å²) in [6.07, 6.45) is 2.92. The second-order valence-electron chi connectivity index (χ2n) is 6.87. The van der Waals surface area contributed by atoms with Crippen LogP contribution in [0.25, 0.3) is 0 Å². The third kappa shape index (κ3) is 5.06. The molecule has 5 nitrogen and oxygen atoms in total. The zero-order chi connectivity index (χ0) is 17.6. The van der Waals surface area contributed by atoms with Gasteiger partial charge in [0.05, 0.1) is 5.41 Å².